The van der Waals surface area contributed by atoms with Gasteiger partial charge in [0, 0.05) is 37.1 Å². The van der Waals surface area contributed by atoms with Crippen LogP contribution in [0.2, 0.25) is 0 Å². The lowest BCUT2D eigenvalue weighted by Gasteiger charge is -2.38. The van der Waals surface area contributed by atoms with Gasteiger partial charge in [0.2, 0.25) is 0 Å². The summed E-state index contributed by atoms with van der Waals surface area (Å²) in [7, 11) is 1.95. The molecule has 0 amide bonds. The molecule has 0 radical (unpaired) electrons. The third kappa shape index (κ3) is 2.78. The minimum absolute atomic E-state index is 0.242. The fraction of sp³-hybridized carbons (Fsp3) is 0.643. The number of rotatable bonds is 3. The molecule has 0 bridgehead atoms. The van der Waals surface area contributed by atoms with Crippen LogP contribution in [-0.4, -0.2) is 33.9 Å². The first-order valence-electron chi connectivity index (χ1n) is 6.49. The molecule has 1 fully saturated rings. The molecule has 0 aromatic carbocycles. The number of carbonyl (C=O) groups is 1. The summed E-state index contributed by atoms with van der Waals surface area (Å²) in [4.78, 5) is 14.5. The monoisotopic (exact) mass is 234 g/mol. The van der Waals surface area contributed by atoms with Crippen LogP contribution in [0.3, 0.4) is 0 Å². The largest absolute Gasteiger partial charge is 0.357 e. The second kappa shape index (κ2) is 5.05. The van der Waals surface area contributed by atoms with Gasteiger partial charge >= 0.3 is 0 Å². The molecule has 3 nitrogen and oxygen atoms in total. The zero-order valence-electron chi connectivity index (χ0n) is 11.0. The number of likely N-dealkylation sites (tertiary alicyclic amines) is 1. The first kappa shape index (κ1) is 12.4. The Morgan fingerprint density at radius 1 is 1.35 bits per heavy atom. The van der Waals surface area contributed by atoms with E-state index >= 15 is 0 Å². The molecule has 2 heterocycles. The lowest BCUT2D eigenvalue weighted by molar-refractivity contribution is 0.0734. The highest BCUT2D eigenvalue weighted by atomic mass is 16.1. The third-order valence-electron chi connectivity index (χ3n) is 3.86. The molecule has 2 unspecified atom stereocenters. The maximum Gasteiger partial charge on any atom is 0.178 e. The maximum absolute atomic E-state index is 12.2. The zero-order valence-corrected chi connectivity index (χ0v) is 11.0. The summed E-state index contributed by atoms with van der Waals surface area (Å²) in [6.45, 7) is 5.02. The highest BCUT2D eigenvalue weighted by molar-refractivity contribution is 5.97. The molecule has 0 saturated carbocycles. The molecule has 0 N–H and O–H groups in total. The molecule has 94 valence electrons. The number of piperidine rings is 1. The van der Waals surface area contributed by atoms with Gasteiger partial charge in [0.1, 0.15) is 0 Å². The second-order valence-corrected chi connectivity index (χ2v) is 5.29. The molecule has 2 rings (SSSR count). The molecule has 1 aromatic rings. The fourth-order valence-corrected chi connectivity index (χ4v) is 2.71. The summed E-state index contributed by atoms with van der Waals surface area (Å²) in [6, 6.07) is 2.97. The van der Waals surface area contributed by atoms with E-state index in [4.69, 9.17) is 0 Å². The summed E-state index contributed by atoms with van der Waals surface area (Å²) in [6.07, 6.45) is 7.55. The van der Waals surface area contributed by atoms with Gasteiger partial charge in [-0.05, 0) is 32.8 Å². The molecule has 1 aromatic heterocycles. The quantitative estimate of drug-likeness (QED) is 0.751. The number of aryl methyl sites for hydroxylation is 1. The third-order valence-corrected chi connectivity index (χ3v) is 3.86. The predicted octanol–water partition coefficient (Wildman–Crippen LogP) is 2.47. The fourth-order valence-electron chi connectivity index (χ4n) is 2.71. The van der Waals surface area contributed by atoms with Crippen LogP contribution in [0.4, 0.5) is 0 Å². The zero-order chi connectivity index (χ0) is 12.4. The number of Topliss-reactive ketones (excluding diaryl/α,β-unsaturated/α-hetero) is 1. The molecule has 1 aliphatic rings. The van der Waals surface area contributed by atoms with Crippen molar-refractivity contribution < 1.29 is 4.79 Å². The minimum Gasteiger partial charge on any atom is -0.357 e. The molecule has 1 saturated heterocycles. The van der Waals surface area contributed by atoms with Gasteiger partial charge in [0.25, 0.3) is 0 Å². The Morgan fingerprint density at radius 3 is 2.53 bits per heavy atom. The first-order valence-corrected chi connectivity index (χ1v) is 6.49. The first-order chi connectivity index (χ1) is 8.08. The van der Waals surface area contributed by atoms with Crippen molar-refractivity contribution in [1.29, 1.82) is 0 Å². The smallest absolute Gasteiger partial charge is 0.178 e. The van der Waals surface area contributed by atoms with E-state index in [0.717, 1.165) is 5.56 Å². The Bertz CT molecular complexity index is 387. The van der Waals surface area contributed by atoms with Crippen LogP contribution in [-0.2, 0) is 7.05 Å². The van der Waals surface area contributed by atoms with Gasteiger partial charge in [0.15, 0.2) is 5.78 Å². The van der Waals surface area contributed by atoms with E-state index in [2.05, 4.69) is 18.7 Å². The SMILES string of the molecule is CC1CCCC(C)N1CC(=O)c1ccn(C)c1. The van der Waals surface area contributed by atoms with Crippen molar-refractivity contribution in [2.45, 2.75) is 45.2 Å². The molecule has 17 heavy (non-hydrogen) atoms. The summed E-state index contributed by atoms with van der Waals surface area (Å²) >= 11 is 0. The summed E-state index contributed by atoms with van der Waals surface area (Å²) in [5.74, 6) is 0.242. The van der Waals surface area contributed by atoms with Crippen LogP contribution in [0.15, 0.2) is 18.5 Å². The van der Waals surface area contributed by atoms with Gasteiger partial charge in [-0.25, -0.2) is 0 Å². The Hall–Kier alpha value is -1.09. The molecule has 1 aliphatic heterocycles. The van der Waals surface area contributed by atoms with E-state index in [0.29, 0.717) is 18.6 Å². The van der Waals surface area contributed by atoms with Gasteiger partial charge < -0.3 is 4.57 Å². The van der Waals surface area contributed by atoms with Gasteiger partial charge in [-0.2, -0.15) is 0 Å². The number of hydrogen-bond acceptors (Lipinski definition) is 2. The van der Waals surface area contributed by atoms with Crippen molar-refractivity contribution in [3.63, 3.8) is 0 Å². The average molecular weight is 234 g/mol. The maximum atomic E-state index is 12.2. The van der Waals surface area contributed by atoms with E-state index in [1.165, 1.54) is 19.3 Å². The summed E-state index contributed by atoms with van der Waals surface area (Å²) < 4.78 is 1.93. The van der Waals surface area contributed by atoms with Crippen LogP contribution < -0.4 is 0 Å². The van der Waals surface area contributed by atoms with Crippen molar-refractivity contribution in [2.24, 2.45) is 7.05 Å². The predicted molar refractivity (Wildman–Crippen MR) is 69.2 cm³/mol. The van der Waals surface area contributed by atoms with Gasteiger partial charge in [0.05, 0.1) is 6.54 Å². The van der Waals surface area contributed by atoms with Crippen LogP contribution >= 0.6 is 0 Å². The number of aromatic nitrogens is 1. The molecular formula is C14H22N2O. The van der Waals surface area contributed by atoms with Crippen LogP contribution in [0.1, 0.15) is 43.5 Å². The Kier molecular flexibility index (Phi) is 3.67. The lowest BCUT2D eigenvalue weighted by atomic mass is 9.97. The highest BCUT2D eigenvalue weighted by Gasteiger charge is 2.26. The summed E-state index contributed by atoms with van der Waals surface area (Å²) in [5.41, 5.74) is 0.831. The Balaban J connectivity index is 2.02. The lowest BCUT2D eigenvalue weighted by Crippen LogP contribution is -2.46. The van der Waals surface area contributed by atoms with Crippen LogP contribution in [0.5, 0.6) is 0 Å². The number of carbonyl (C=O) groups excluding carboxylic acids is 1. The number of nitrogens with zero attached hydrogens (tertiary/aromatic N) is 2. The van der Waals surface area contributed by atoms with Gasteiger partial charge in [-0.3, -0.25) is 9.69 Å². The van der Waals surface area contributed by atoms with E-state index in [1.54, 1.807) is 0 Å². The Labute approximate surface area is 103 Å². The van der Waals surface area contributed by atoms with Gasteiger partial charge in [-0.1, -0.05) is 6.42 Å². The molecule has 0 aliphatic carbocycles. The van der Waals surface area contributed by atoms with Crippen molar-refractivity contribution in [1.82, 2.24) is 9.47 Å². The van der Waals surface area contributed by atoms with E-state index in [1.807, 2.05) is 30.1 Å². The average Bonchev–Trinajstić information content (AvgIpc) is 2.70. The molecule has 3 heteroatoms. The highest BCUT2D eigenvalue weighted by Crippen LogP contribution is 2.22. The standard InChI is InChI=1S/C14H22N2O/c1-11-5-4-6-12(2)16(11)10-14(17)13-7-8-15(3)9-13/h7-9,11-12H,4-6,10H2,1-3H3. The van der Waals surface area contributed by atoms with E-state index in [-0.39, 0.29) is 5.78 Å². The second-order valence-electron chi connectivity index (χ2n) is 5.29. The van der Waals surface area contributed by atoms with E-state index in [9.17, 15) is 4.79 Å². The van der Waals surface area contributed by atoms with E-state index < -0.39 is 0 Å². The normalized spacial score (nSPS) is 26.1. The Morgan fingerprint density at radius 2 is 2.00 bits per heavy atom. The molecular weight excluding hydrogens is 212 g/mol. The van der Waals surface area contributed by atoms with Crippen molar-refractivity contribution >= 4 is 5.78 Å². The summed E-state index contributed by atoms with van der Waals surface area (Å²) in [5, 5.41) is 0. The van der Waals surface area contributed by atoms with Crippen molar-refractivity contribution in [3.05, 3.63) is 24.0 Å². The molecule has 0 spiro atoms. The minimum atomic E-state index is 0.242. The van der Waals surface area contributed by atoms with Crippen molar-refractivity contribution in [3.8, 4) is 0 Å². The van der Waals surface area contributed by atoms with Crippen LogP contribution in [0, 0.1) is 0 Å². The van der Waals surface area contributed by atoms with Crippen molar-refractivity contribution in [2.75, 3.05) is 6.54 Å². The molecule has 2 atom stereocenters. The topological polar surface area (TPSA) is 25.2 Å². The van der Waals surface area contributed by atoms with Gasteiger partial charge in [-0.15, -0.1) is 0 Å². The number of ketones is 1. The van der Waals surface area contributed by atoms with Crippen LogP contribution in [0.25, 0.3) is 0 Å². The number of hydrogen-bond donors (Lipinski definition) is 0.